The number of aromatic nitrogens is 2. The van der Waals surface area contributed by atoms with Crippen LogP contribution in [0.15, 0.2) is 4.52 Å². The molecule has 1 aliphatic heterocycles. The van der Waals surface area contributed by atoms with E-state index in [1.54, 1.807) is 0 Å². The van der Waals surface area contributed by atoms with E-state index in [4.69, 9.17) is 4.52 Å². The number of hydrogen-bond donors (Lipinski definition) is 2. The molecule has 18 heavy (non-hydrogen) atoms. The van der Waals surface area contributed by atoms with Crippen molar-refractivity contribution >= 4 is 11.8 Å². The van der Waals surface area contributed by atoms with Crippen molar-refractivity contribution in [3.63, 3.8) is 0 Å². The lowest BCUT2D eigenvalue weighted by molar-refractivity contribution is 0.191. The summed E-state index contributed by atoms with van der Waals surface area (Å²) < 4.78 is 5.26. The Morgan fingerprint density at radius 1 is 1.39 bits per heavy atom. The van der Waals surface area contributed by atoms with Crippen LogP contribution in [0.3, 0.4) is 0 Å². The summed E-state index contributed by atoms with van der Waals surface area (Å²) in [6, 6.07) is 0.0257. The van der Waals surface area contributed by atoms with Crippen molar-refractivity contribution < 1.29 is 9.63 Å². The quantitative estimate of drug-likeness (QED) is 0.866. The zero-order valence-corrected chi connectivity index (χ0v) is 11.2. The third-order valence-corrected chi connectivity index (χ3v) is 5.01. The van der Waals surface area contributed by atoms with E-state index in [2.05, 4.69) is 15.5 Å². The van der Waals surface area contributed by atoms with E-state index >= 15 is 0 Å². The summed E-state index contributed by atoms with van der Waals surface area (Å²) in [6.07, 6.45) is 5.74. The van der Waals surface area contributed by atoms with Crippen molar-refractivity contribution in [3.8, 4) is 0 Å². The number of thioether (sulfide) groups is 1. The highest BCUT2D eigenvalue weighted by molar-refractivity contribution is 7.99. The van der Waals surface area contributed by atoms with Gasteiger partial charge in [0, 0.05) is 11.8 Å². The average Bonchev–Trinajstić information content (AvgIpc) is 3.07. The van der Waals surface area contributed by atoms with Gasteiger partial charge in [0.1, 0.15) is 0 Å². The van der Waals surface area contributed by atoms with Gasteiger partial charge in [-0.15, -0.1) is 0 Å². The standard InChI is InChI=1S/C12H19N3O2S/c16-8-5-10(13-6-8)12-14-11(15-17-12)7-18-9-3-1-2-4-9/h8-10,13,16H,1-7H2/t8-,10+/m1/s1. The molecule has 0 aromatic carbocycles. The van der Waals surface area contributed by atoms with Crippen LogP contribution in [0.5, 0.6) is 0 Å². The molecule has 2 heterocycles. The maximum absolute atomic E-state index is 9.46. The molecule has 100 valence electrons. The minimum absolute atomic E-state index is 0.0257. The van der Waals surface area contributed by atoms with Crippen LogP contribution >= 0.6 is 11.8 Å². The van der Waals surface area contributed by atoms with Gasteiger partial charge in [0.05, 0.1) is 17.9 Å². The number of rotatable bonds is 4. The second-order valence-electron chi connectivity index (χ2n) is 5.12. The minimum Gasteiger partial charge on any atom is -0.392 e. The fraction of sp³-hybridized carbons (Fsp3) is 0.833. The van der Waals surface area contributed by atoms with Gasteiger partial charge < -0.3 is 14.9 Å². The van der Waals surface area contributed by atoms with Gasteiger partial charge >= 0.3 is 0 Å². The molecule has 1 saturated carbocycles. The van der Waals surface area contributed by atoms with Gasteiger partial charge in [-0.2, -0.15) is 16.7 Å². The van der Waals surface area contributed by atoms with Crippen LogP contribution in [-0.4, -0.2) is 33.1 Å². The van der Waals surface area contributed by atoms with E-state index in [1.165, 1.54) is 25.7 Å². The Hall–Kier alpha value is -0.590. The maximum atomic E-state index is 9.46. The van der Waals surface area contributed by atoms with Gasteiger partial charge in [-0.25, -0.2) is 0 Å². The first-order valence-electron chi connectivity index (χ1n) is 6.67. The Kier molecular flexibility index (Phi) is 3.86. The number of nitrogens with zero attached hydrogens (tertiary/aromatic N) is 2. The Morgan fingerprint density at radius 2 is 2.22 bits per heavy atom. The lowest BCUT2D eigenvalue weighted by atomic mass is 10.2. The van der Waals surface area contributed by atoms with E-state index in [0.717, 1.165) is 16.8 Å². The number of aliphatic hydroxyl groups excluding tert-OH is 1. The monoisotopic (exact) mass is 269 g/mol. The Labute approximate surface area is 111 Å². The first kappa shape index (κ1) is 12.4. The Balaban J connectivity index is 1.52. The van der Waals surface area contributed by atoms with Crippen molar-refractivity contribution in [1.29, 1.82) is 0 Å². The molecular formula is C12H19N3O2S. The number of nitrogens with one attached hydrogen (secondary N) is 1. The summed E-state index contributed by atoms with van der Waals surface area (Å²) in [4.78, 5) is 4.42. The molecule has 2 atom stereocenters. The van der Waals surface area contributed by atoms with Crippen LogP contribution in [-0.2, 0) is 5.75 Å². The molecule has 0 spiro atoms. The highest BCUT2D eigenvalue weighted by Crippen LogP contribution is 2.31. The molecule has 6 heteroatoms. The fourth-order valence-corrected chi connectivity index (χ4v) is 3.79. The number of hydrogen-bond acceptors (Lipinski definition) is 6. The average molecular weight is 269 g/mol. The highest BCUT2D eigenvalue weighted by Gasteiger charge is 2.28. The third-order valence-electron chi connectivity index (χ3n) is 3.64. The Morgan fingerprint density at radius 3 is 2.94 bits per heavy atom. The molecule has 2 fully saturated rings. The molecule has 0 unspecified atom stereocenters. The van der Waals surface area contributed by atoms with Gasteiger partial charge in [-0.3, -0.25) is 0 Å². The molecule has 0 radical (unpaired) electrons. The molecule has 1 aromatic heterocycles. The maximum Gasteiger partial charge on any atom is 0.243 e. The van der Waals surface area contributed by atoms with Gasteiger partial charge in [-0.1, -0.05) is 18.0 Å². The Bertz CT molecular complexity index is 392. The molecule has 2 aliphatic rings. The molecule has 1 aliphatic carbocycles. The fourth-order valence-electron chi connectivity index (χ4n) is 2.62. The zero-order valence-electron chi connectivity index (χ0n) is 10.3. The predicted molar refractivity (Wildman–Crippen MR) is 69.2 cm³/mol. The van der Waals surface area contributed by atoms with E-state index < -0.39 is 0 Å². The van der Waals surface area contributed by atoms with Crippen LogP contribution in [0.1, 0.15) is 49.9 Å². The molecule has 1 aromatic rings. The second-order valence-corrected chi connectivity index (χ2v) is 6.41. The van der Waals surface area contributed by atoms with Crippen LogP contribution in [0.2, 0.25) is 0 Å². The van der Waals surface area contributed by atoms with Crippen LogP contribution in [0.4, 0.5) is 0 Å². The third kappa shape index (κ3) is 2.87. The topological polar surface area (TPSA) is 71.2 Å². The summed E-state index contributed by atoms with van der Waals surface area (Å²) in [5, 5.41) is 17.4. The van der Waals surface area contributed by atoms with Crippen molar-refractivity contribution in [1.82, 2.24) is 15.5 Å². The summed E-state index contributed by atoms with van der Waals surface area (Å²) in [6.45, 7) is 0.610. The predicted octanol–water partition coefficient (Wildman–Crippen LogP) is 1.64. The number of aliphatic hydroxyl groups is 1. The minimum atomic E-state index is -0.293. The van der Waals surface area contributed by atoms with Gasteiger partial charge in [0.2, 0.25) is 5.89 Å². The summed E-state index contributed by atoms with van der Waals surface area (Å²) in [5.74, 6) is 2.24. The second kappa shape index (κ2) is 5.59. The van der Waals surface area contributed by atoms with Crippen molar-refractivity contribution in [3.05, 3.63) is 11.7 Å². The van der Waals surface area contributed by atoms with Crippen molar-refractivity contribution in [2.24, 2.45) is 0 Å². The van der Waals surface area contributed by atoms with Gasteiger partial charge in [0.15, 0.2) is 5.82 Å². The van der Waals surface area contributed by atoms with Crippen molar-refractivity contribution in [2.45, 2.75) is 55.3 Å². The first-order chi connectivity index (χ1) is 8.81. The van der Waals surface area contributed by atoms with Crippen molar-refractivity contribution in [2.75, 3.05) is 6.54 Å². The molecule has 0 amide bonds. The molecule has 3 rings (SSSR count). The molecule has 5 nitrogen and oxygen atoms in total. The van der Waals surface area contributed by atoms with Gasteiger partial charge in [0.25, 0.3) is 0 Å². The van der Waals surface area contributed by atoms with E-state index in [1.807, 2.05) is 11.8 Å². The number of β-amino-alcohol motifs (C(OH)–C–C–N with tert-alkyl or cyclic N) is 1. The van der Waals surface area contributed by atoms with Gasteiger partial charge in [-0.05, 0) is 19.3 Å². The first-order valence-corrected chi connectivity index (χ1v) is 7.71. The molecular weight excluding hydrogens is 250 g/mol. The van der Waals surface area contributed by atoms with E-state index in [9.17, 15) is 5.11 Å². The zero-order chi connectivity index (χ0) is 12.4. The summed E-state index contributed by atoms with van der Waals surface area (Å²) in [5.41, 5.74) is 0. The highest BCUT2D eigenvalue weighted by atomic mass is 32.2. The smallest absolute Gasteiger partial charge is 0.243 e. The summed E-state index contributed by atoms with van der Waals surface area (Å²) >= 11 is 1.94. The molecule has 2 N–H and O–H groups in total. The SMILES string of the molecule is O[C@H]1CN[C@H](c2nc(CSC3CCCC3)no2)C1. The lowest BCUT2D eigenvalue weighted by Gasteiger charge is -2.05. The van der Waals surface area contributed by atoms with E-state index in [0.29, 0.717) is 18.9 Å². The normalized spacial score (nSPS) is 29.2. The summed E-state index contributed by atoms with van der Waals surface area (Å²) in [7, 11) is 0. The van der Waals surface area contributed by atoms with Crippen LogP contribution in [0.25, 0.3) is 0 Å². The molecule has 1 saturated heterocycles. The van der Waals surface area contributed by atoms with Crippen LogP contribution < -0.4 is 5.32 Å². The largest absolute Gasteiger partial charge is 0.392 e. The molecule has 0 bridgehead atoms. The lowest BCUT2D eigenvalue weighted by Crippen LogP contribution is -2.15. The van der Waals surface area contributed by atoms with E-state index in [-0.39, 0.29) is 12.1 Å². The van der Waals surface area contributed by atoms with Crippen LogP contribution in [0, 0.1) is 0 Å².